The Bertz CT molecular complexity index is 828. The number of carbonyl (C=O) groups excluding carboxylic acids is 1. The van der Waals surface area contributed by atoms with Crippen LogP contribution >= 0.6 is 12.4 Å². The van der Waals surface area contributed by atoms with E-state index in [-0.39, 0.29) is 41.1 Å². The normalized spacial score (nSPS) is 25.3. The maximum Gasteiger partial charge on any atom is 0.263 e. The third-order valence-corrected chi connectivity index (χ3v) is 6.57. The van der Waals surface area contributed by atoms with Crippen molar-refractivity contribution in [1.82, 2.24) is 15.4 Å². The molecule has 3 rings (SSSR count). The number of piperidine rings is 1. The van der Waals surface area contributed by atoms with E-state index in [0.717, 1.165) is 32.2 Å². The van der Waals surface area contributed by atoms with E-state index in [1.54, 1.807) is 24.3 Å². The first-order valence-electron chi connectivity index (χ1n) is 9.66. The lowest BCUT2D eigenvalue weighted by atomic mass is 9.99. The molecule has 1 amide bonds. The number of unbranched alkanes of at least 4 members (excludes halogenated alkanes) is 1. The molecule has 1 aromatic rings. The summed E-state index contributed by atoms with van der Waals surface area (Å²) in [6, 6.07) is 6.40. The molecule has 0 aliphatic carbocycles. The number of sulfonamides is 1. The van der Waals surface area contributed by atoms with Crippen LogP contribution in [0.2, 0.25) is 0 Å². The Morgan fingerprint density at radius 3 is 2.82 bits per heavy atom. The van der Waals surface area contributed by atoms with Gasteiger partial charge in [-0.3, -0.25) is 14.5 Å². The van der Waals surface area contributed by atoms with Crippen LogP contribution < -0.4 is 15.4 Å². The van der Waals surface area contributed by atoms with E-state index in [2.05, 4.69) is 34.2 Å². The number of fused-ring (bicyclic) bond motifs is 1. The van der Waals surface area contributed by atoms with Gasteiger partial charge in [0.15, 0.2) is 0 Å². The van der Waals surface area contributed by atoms with Crippen LogP contribution in [-0.4, -0.2) is 44.8 Å². The van der Waals surface area contributed by atoms with E-state index in [1.807, 2.05) is 0 Å². The molecule has 28 heavy (non-hydrogen) atoms. The SMILES string of the molecule is CCCCC(N=C1NS(=O)(=O)c2ccccc21)C(=O)NC1CCCNC1C.Cl. The van der Waals surface area contributed by atoms with Gasteiger partial charge in [0.1, 0.15) is 11.9 Å². The highest BCUT2D eigenvalue weighted by Crippen LogP contribution is 2.23. The molecule has 156 valence electrons. The van der Waals surface area contributed by atoms with Crippen LogP contribution in [0.15, 0.2) is 34.2 Å². The molecule has 0 radical (unpaired) electrons. The first-order valence-corrected chi connectivity index (χ1v) is 11.1. The zero-order valence-electron chi connectivity index (χ0n) is 16.3. The molecule has 0 saturated carbocycles. The first-order chi connectivity index (χ1) is 12.9. The Morgan fingerprint density at radius 1 is 1.36 bits per heavy atom. The number of benzene rings is 1. The molecule has 3 atom stereocenters. The number of aliphatic imine (C=N–C) groups is 1. The minimum Gasteiger partial charge on any atom is -0.350 e. The van der Waals surface area contributed by atoms with Crippen molar-refractivity contribution in [2.45, 2.75) is 69.0 Å². The molecule has 2 heterocycles. The number of nitrogens with one attached hydrogen (secondary N) is 3. The standard InChI is InChI=1S/C19H28N4O3S.ClH/c1-3-4-9-16(19(24)22-15-10-7-12-20-13(15)2)21-18-14-8-5-6-11-17(14)27(25,26)23-18;/h5-6,8,11,13,15-16,20H,3-4,7,9-10,12H2,1-2H3,(H,21,23)(H,22,24);1H. The lowest BCUT2D eigenvalue weighted by Crippen LogP contribution is -2.53. The number of hydrogen-bond acceptors (Lipinski definition) is 5. The Kier molecular flexibility index (Phi) is 7.86. The fourth-order valence-corrected chi connectivity index (χ4v) is 4.80. The summed E-state index contributed by atoms with van der Waals surface area (Å²) >= 11 is 0. The molecule has 2 aliphatic heterocycles. The van der Waals surface area contributed by atoms with E-state index >= 15 is 0 Å². The van der Waals surface area contributed by atoms with Crippen molar-refractivity contribution in [3.8, 4) is 0 Å². The third kappa shape index (κ3) is 5.04. The summed E-state index contributed by atoms with van der Waals surface area (Å²) in [6.07, 6.45) is 4.34. The fourth-order valence-electron chi connectivity index (χ4n) is 3.56. The highest BCUT2D eigenvalue weighted by Gasteiger charge is 2.32. The van der Waals surface area contributed by atoms with Crippen LogP contribution in [0.25, 0.3) is 0 Å². The minimum absolute atomic E-state index is 0. The number of hydrogen-bond donors (Lipinski definition) is 3. The number of nitrogens with zero attached hydrogens (tertiary/aromatic N) is 1. The summed E-state index contributed by atoms with van der Waals surface area (Å²) in [5.41, 5.74) is 0.527. The maximum atomic E-state index is 12.9. The van der Waals surface area contributed by atoms with Gasteiger partial charge in [-0.15, -0.1) is 12.4 Å². The van der Waals surface area contributed by atoms with Gasteiger partial charge in [-0.05, 0) is 44.9 Å². The minimum atomic E-state index is -3.61. The van der Waals surface area contributed by atoms with Crippen LogP contribution in [0.1, 0.15) is 51.5 Å². The van der Waals surface area contributed by atoms with Crippen molar-refractivity contribution in [3.63, 3.8) is 0 Å². The summed E-state index contributed by atoms with van der Waals surface area (Å²) < 4.78 is 27.1. The number of carbonyl (C=O) groups is 1. The van der Waals surface area contributed by atoms with E-state index < -0.39 is 16.1 Å². The first kappa shape index (κ1) is 22.6. The summed E-state index contributed by atoms with van der Waals surface area (Å²) in [5.74, 6) is 0.122. The second-order valence-electron chi connectivity index (χ2n) is 7.24. The van der Waals surface area contributed by atoms with Gasteiger partial charge in [0.25, 0.3) is 10.0 Å². The van der Waals surface area contributed by atoms with Gasteiger partial charge in [-0.25, -0.2) is 8.42 Å². The summed E-state index contributed by atoms with van der Waals surface area (Å²) in [4.78, 5) is 17.6. The number of amides is 1. The average Bonchev–Trinajstić information content (AvgIpc) is 2.91. The van der Waals surface area contributed by atoms with E-state index in [4.69, 9.17) is 0 Å². The van der Waals surface area contributed by atoms with Crippen LogP contribution in [0.5, 0.6) is 0 Å². The van der Waals surface area contributed by atoms with E-state index in [1.165, 1.54) is 0 Å². The van der Waals surface area contributed by atoms with Gasteiger partial charge < -0.3 is 10.6 Å². The van der Waals surface area contributed by atoms with Crippen LogP contribution in [0.4, 0.5) is 0 Å². The molecule has 7 nitrogen and oxygen atoms in total. The fraction of sp³-hybridized carbons (Fsp3) is 0.579. The van der Waals surface area contributed by atoms with Crippen molar-refractivity contribution in [2.24, 2.45) is 4.99 Å². The summed E-state index contributed by atoms with van der Waals surface area (Å²) in [5, 5.41) is 6.48. The molecule has 9 heteroatoms. The largest absolute Gasteiger partial charge is 0.350 e. The molecule has 3 unspecified atom stereocenters. The molecule has 0 spiro atoms. The highest BCUT2D eigenvalue weighted by atomic mass is 35.5. The topological polar surface area (TPSA) is 99.7 Å². The molecule has 0 aromatic heterocycles. The molecule has 3 N–H and O–H groups in total. The monoisotopic (exact) mass is 428 g/mol. The van der Waals surface area contributed by atoms with Gasteiger partial charge in [0, 0.05) is 17.6 Å². The van der Waals surface area contributed by atoms with E-state index in [0.29, 0.717) is 12.0 Å². The highest BCUT2D eigenvalue weighted by molar-refractivity contribution is 7.90. The predicted molar refractivity (Wildman–Crippen MR) is 112 cm³/mol. The van der Waals surface area contributed by atoms with Gasteiger partial charge in [0.05, 0.1) is 4.90 Å². The van der Waals surface area contributed by atoms with Crippen molar-refractivity contribution >= 4 is 34.2 Å². The van der Waals surface area contributed by atoms with Crippen molar-refractivity contribution in [2.75, 3.05) is 6.54 Å². The molecule has 1 saturated heterocycles. The molecule has 0 bridgehead atoms. The van der Waals surface area contributed by atoms with Gasteiger partial charge >= 0.3 is 0 Å². The smallest absolute Gasteiger partial charge is 0.263 e. The lowest BCUT2D eigenvalue weighted by Gasteiger charge is -2.31. The van der Waals surface area contributed by atoms with Crippen LogP contribution in [0.3, 0.4) is 0 Å². The van der Waals surface area contributed by atoms with Crippen LogP contribution in [-0.2, 0) is 14.8 Å². The molecular weight excluding hydrogens is 400 g/mol. The second kappa shape index (κ2) is 9.71. The summed E-state index contributed by atoms with van der Waals surface area (Å²) in [7, 11) is -3.61. The number of amidine groups is 1. The average molecular weight is 429 g/mol. The molecule has 2 aliphatic rings. The third-order valence-electron chi connectivity index (χ3n) is 5.17. The second-order valence-corrected chi connectivity index (χ2v) is 8.89. The Balaban J connectivity index is 0.00000280. The van der Waals surface area contributed by atoms with Gasteiger partial charge in [0.2, 0.25) is 5.91 Å². The molecule has 1 aromatic carbocycles. The van der Waals surface area contributed by atoms with Gasteiger partial charge in [-0.2, -0.15) is 0 Å². The predicted octanol–water partition coefficient (Wildman–Crippen LogP) is 1.96. The quantitative estimate of drug-likeness (QED) is 0.644. The molecule has 1 fully saturated rings. The Hall–Kier alpha value is -1.64. The Morgan fingerprint density at radius 2 is 2.11 bits per heavy atom. The zero-order chi connectivity index (χ0) is 19.4. The molecular formula is C19H29ClN4O3S. The van der Waals surface area contributed by atoms with Crippen molar-refractivity contribution in [3.05, 3.63) is 29.8 Å². The maximum absolute atomic E-state index is 12.9. The zero-order valence-corrected chi connectivity index (χ0v) is 17.9. The lowest BCUT2D eigenvalue weighted by molar-refractivity contribution is -0.123. The van der Waals surface area contributed by atoms with Crippen molar-refractivity contribution in [1.29, 1.82) is 0 Å². The Labute approximate surface area is 173 Å². The van der Waals surface area contributed by atoms with Crippen LogP contribution in [0, 0.1) is 0 Å². The van der Waals surface area contributed by atoms with Crippen molar-refractivity contribution < 1.29 is 13.2 Å². The van der Waals surface area contributed by atoms with E-state index in [9.17, 15) is 13.2 Å². The number of rotatable bonds is 6. The number of halogens is 1. The summed E-state index contributed by atoms with van der Waals surface area (Å²) in [6.45, 7) is 5.09. The van der Waals surface area contributed by atoms with Gasteiger partial charge in [-0.1, -0.05) is 31.9 Å².